The lowest BCUT2D eigenvalue weighted by atomic mass is 9.92. The second kappa shape index (κ2) is 7.65. The molecule has 2 aliphatic heterocycles. The van der Waals surface area contributed by atoms with E-state index >= 15 is 0 Å². The minimum atomic E-state index is -0.0142. The van der Waals surface area contributed by atoms with Crippen LogP contribution in [0, 0.1) is 5.41 Å². The summed E-state index contributed by atoms with van der Waals surface area (Å²) in [6.07, 6.45) is 2.97. The Morgan fingerprint density at radius 2 is 1.76 bits per heavy atom. The molecule has 0 bridgehead atoms. The van der Waals surface area contributed by atoms with Gasteiger partial charge in [-0.25, -0.2) is 0 Å². The Balaban J connectivity index is 1.83. The zero-order chi connectivity index (χ0) is 17.9. The molecule has 0 aromatic heterocycles. The Bertz CT molecular complexity index is 597. The van der Waals surface area contributed by atoms with Gasteiger partial charge in [-0.15, -0.1) is 0 Å². The SMILES string of the molecule is CC(C)(C)CC(=O)Nc1cc(N2CCOCC2)ccc1N1CCCC1. The second-order valence-electron chi connectivity index (χ2n) is 8.28. The van der Waals surface area contributed by atoms with E-state index in [9.17, 15) is 4.79 Å². The Morgan fingerprint density at radius 1 is 1.08 bits per heavy atom. The molecule has 25 heavy (non-hydrogen) atoms. The molecular weight excluding hydrogens is 314 g/mol. The van der Waals surface area contributed by atoms with E-state index < -0.39 is 0 Å². The minimum absolute atomic E-state index is 0.0142. The lowest BCUT2D eigenvalue weighted by Crippen LogP contribution is -2.36. The van der Waals surface area contributed by atoms with Crippen LogP contribution in [0.2, 0.25) is 0 Å². The first-order chi connectivity index (χ1) is 11.9. The number of carbonyl (C=O) groups is 1. The molecule has 0 saturated carbocycles. The molecule has 1 amide bonds. The van der Waals surface area contributed by atoms with E-state index in [-0.39, 0.29) is 11.3 Å². The van der Waals surface area contributed by atoms with Gasteiger partial charge < -0.3 is 19.9 Å². The van der Waals surface area contributed by atoms with Crippen molar-refractivity contribution in [2.75, 3.05) is 54.5 Å². The number of carbonyl (C=O) groups excluding carboxylic acids is 1. The number of hydrogen-bond donors (Lipinski definition) is 1. The third-order valence-electron chi connectivity index (χ3n) is 4.77. The highest BCUT2D eigenvalue weighted by molar-refractivity contribution is 5.95. The van der Waals surface area contributed by atoms with Crippen LogP contribution in [0.1, 0.15) is 40.0 Å². The van der Waals surface area contributed by atoms with Crippen molar-refractivity contribution in [2.45, 2.75) is 40.0 Å². The number of benzene rings is 1. The summed E-state index contributed by atoms with van der Waals surface area (Å²) in [5, 5.41) is 3.18. The van der Waals surface area contributed by atoms with Crippen molar-refractivity contribution in [1.82, 2.24) is 0 Å². The maximum atomic E-state index is 12.5. The first kappa shape index (κ1) is 18.1. The van der Waals surface area contributed by atoms with Crippen LogP contribution in [0.25, 0.3) is 0 Å². The number of hydrogen-bond acceptors (Lipinski definition) is 4. The fraction of sp³-hybridized carbons (Fsp3) is 0.650. The molecule has 2 fully saturated rings. The zero-order valence-electron chi connectivity index (χ0n) is 15.8. The highest BCUT2D eigenvalue weighted by atomic mass is 16.5. The third kappa shape index (κ3) is 4.88. The fourth-order valence-corrected chi connectivity index (χ4v) is 3.55. The Hall–Kier alpha value is -1.75. The molecule has 138 valence electrons. The molecule has 1 aromatic rings. The van der Waals surface area contributed by atoms with E-state index in [1.807, 2.05) is 0 Å². The number of ether oxygens (including phenoxy) is 1. The van der Waals surface area contributed by atoms with E-state index in [0.717, 1.165) is 56.5 Å². The summed E-state index contributed by atoms with van der Waals surface area (Å²) in [5.74, 6) is 0.0899. The average molecular weight is 345 g/mol. The lowest BCUT2D eigenvalue weighted by molar-refractivity contribution is -0.117. The molecular formula is C20H31N3O2. The quantitative estimate of drug-likeness (QED) is 0.907. The van der Waals surface area contributed by atoms with Gasteiger partial charge in [0, 0.05) is 38.3 Å². The molecule has 5 heteroatoms. The highest BCUT2D eigenvalue weighted by Gasteiger charge is 2.21. The van der Waals surface area contributed by atoms with Crippen LogP contribution in [0.5, 0.6) is 0 Å². The molecule has 5 nitrogen and oxygen atoms in total. The van der Waals surface area contributed by atoms with Crippen LogP contribution in [0.4, 0.5) is 17.1 Å². The summed E-state index contributed by atoms with van der Waals surface area (Å²) < 4.78 is 5.46. The van der Waals surface area contributed by atoms with Crippen LogP contribution in [-0.4, -0.2) is 45.3 Å². The topological polar surface area (TPSA) is 44.8 Å². The molecule has 0 spiro atoms. The Kier molecular flexibility index (Phi) is 5.52. The van der Waals surface area contributed by atoms with Crippen molar-refractivity contribution >= 4 is 23.0 Å². The van der Waals surface area contributed by atoms with Gasteiger partial charge in [-0.2, -0.15) is 0 Å². The van der Waals surface area contributed by atoms with E-state index in [0.29, 0.717) is 6.42 Å². The monoisotopic (exact) mass is 345 g/mol. The summed E-state index contributed by atoms with van der Waals surface area (Å²) in [4.78, 5) is 17.2. The predicted octanol–water partition coefficient (Wildman–Crippen LogP) is 3.50. The van der Waals surface area contributed by atoms with Crippen LogP contribution in [0.15, 0.2) is 18.2 Å². The van der Waals surface area contributed by atoms with Crippen LogP contribution < -0.4 is 15.1 Å². The van der Waals surface area contributed by atoms with Crippen molar-refractivity contribution < 1.29 is 9.53 Å². The van der Waals surface area contributed by atoms with E-state index in [4.69, 9.17) is 4.74 Å². The average Bonchev–Trinajstić information content (AvgIpc) is 3.08. The fourth-order valence-electron chi connectivity index (χ4n) is 3.55. The van der Waals surface area contributed by atoms with Gasteiger partial charge in [0.25, 0.3) is 0 Å². The molecule has 1 N–H and O–H groups in total. The standard InChI is InChI=1S/C20H31N3O2/c1-20(2,3)15-19(24)21-17-14-16(22-10-12-25-13-11-22)6-7-18(17)23-8-4-5-9-23/h6-7,14H,4-5,8-13,15H2,1-3H3,(H,21,24). The third-order valence-corrected chi connectivity index (χ3v) is 4.77. The molecule has 2 heterocycles. The van der Waals surface area contributed by atoms with E-state index in [1.54, 1.807) is 0 Å². The minimum Gasteiger partial charge on any atom is -0.378 e. The first-order valence-electron chi connectivity index (χ1n) is 9.44. The second-order valence-corrected chi connectivity index (χ2v) is 8.28. The van der Waals surface area contributed by atoms with E-state index in [2.05, 4.69) is 54.1 Å². The van der Waals surface area contributed by atoms with Gasteiger partial charge in [0.1, 0.15) is 0 Å². The normalized spacial score (nSPS) is 18.5. The lowest BCUT2D eigenvalue weighted by Gasteiger charge is -2.30. The molecule has 0 atom stereocenters. The largest absolute Gasteiger partial charge is 0.378 e. The maximum Gasteiger partial charge on any atom is 0.224 e. The van der Waals surface area contributed by atoms with Gasteiger partial charge in [-0.05, 0) is 36.5 Å². The Labute approximate surface area is 151 Å². The van der Waals surface area contributed by atoms with Gasteiger partial charge in [0.15, 0.2) is 0 Å². The number of nitrogens with one attached hydrogen (secondary N) is 1. The Morgan fingerprint density at radius 3 is 2.40 bits per heavy atom. The number of rotatable bonds is 4. The van der Waals surface area contributed by atoms with Crippen molar-refractivity contribution in [3.8, 4) is 0 Å². The summed E-state index contributed by atoms with van der Waals surface area (Å²) in [7, 11) is 0. The summed E-state index contributed by atoms with van der Waals surface area (Å²) in [6, 6.07) is 6.49. The molecule has 0 aliphatic carbocycles. The smallest absolute Gasteiger partial charge is 0.224 e. The number of morpholine rings is 1. The highest BCUT2D eigenvalue weighted by Crippen LogP contribution is 2.34. The summed E-state index contributed by atoms with van der Waals surface area (Å²) in [5.41, 5.74) is 3.24. The molecule has 2 aliphatic rings. The number of amides is 1. The van der Waals surface area contributed by atoms with Gasteiger partial charge in [-0.1, -0.05) is 20.8 Å². The van der Waals surface area contributed by atoms with Crippen molar-refractivity contribution in [2.24, 2.45) is 5.41 Å². The zero-order valence-corrected chi connectivity index (χ0v) is 15.8. The van der Waals surface area contributed by atoms with Crippen molar-refractivity contribution in [1.29, 1.82) is 0 Å². The predicted molar refractivity (Wildman–Crippen MR) is 104 cm³/mol. The number of nitrogens with zero attached hydrogens (tertiary/aromatic N) is 2. The molecule has 3 rings (SSSR count). The van der Waals surface area contributed by atoms with Gasteiger partial charge in [0.2, 0.25) is 5.91 Å². The maximum absolute atomic E-state index is 12.5. The van der Waals surface area contributed by atoms with Gasteiger partial charge in [0.05, 0.1) is 24.6 Å². The van der Waals surface area contributed by atoms with Crippen LogP contribution in [-0.2, 0) is 9.53 Å². The summed E-state index contributed by atoms with van der Waals surface area (Å²) in [6.45, 7) is 11.8. The van der Waals surface area contributed by atoms with Gasteiger partial charge in [-0.3, -0.25) is 4.79 Å². The summed E-state index contributed by atoms with van der Waals surface area (Å²) >= 11 is 0. The van der Waals surface area contributed by atoms with E-state index in [1.165, 1.54) is 12.8 Å². The molecule has 2 saturated heterocycles. The molecule has 1 aromatic carbocycles. The van der Waals surface area contributed by atoms with Crippen molar-refractivity contribution in [3.63, 3.8) is 0 Å². The van der Waals surface area contributed by atoms with Gasteiger partial charge >= 0.3 is 0 Å². The molecule has 0 radical (unpaired) electrons. The van der Waals surface area contributed by atoms with Crippen molar-refractivity contribution in [3.05, 3.63) is 18.2 Å². The number of anilines is 3. The van der Waals surface area contributed by atoms with Crippen LogP contribution >= 0.6 is 0 Å². The van der Waals surface area contributed by atoms with Crippen LogP contribution in [0.3, 0.4) is 0 Å². The molecule has 0 unspecified atom stereocenters. The first-order valence-corrected chi connectivity index (χ1v) is 9.44.